The van der Waals surface area contributed by atoms with Gasteiger partial charge in [0.15, 0.2) is 5.75 Å². The molecule has 110 valence electrons. The molecule has 22 heavy (non-hydrogen) atoms. The van der Waals surface area contributed by atoms with Gasteiger partial charge in [0.2, 0.25) is 0 Å². The Balaban J connectivity index is 1.89. The van der Waals surface area contributed by atoms with Gasteiger partial charge < -0.3 is 9.84 Å². The maximum atomic E-state index is 13.4. The van der Waals surface area contributed by atoms with Crippen molar-refractivity contribution in [2.75, 3.05) is 0 Å². The summed E-state index contributed by atoms with van der Waals surface area (Å²) < 4.78 is 19.0. The number of rotatable bonds is 4. The third-order valence-corrected chi connectivity index (χ3v) is 2.88. The molecule has 7 heteroatoms. The van der Waals surface area contributed by atoms with Crippen molar-refractivity contribution in [3.8, 4) is 11.5 Å². The first-order valence-electron chi connectivity index (χ1n) is 6.36. The maximum Gasteiger partial charge on any atom is 0.311 e. The number of fused-ring (bicyclic) bond motifs is 1. The monoisotopic (exact) mass is 299 g/mol. The molecule has 0 aliphatic heterocycles. The van der Waals surface area contributed by atoms with Crippen LogP contribution in [0.5, 0.6) is 11.5 Å². The molecule has 0 unspecified atom stereocenters. The first kappa shape index (κ1) is 13.9. The topological polar surface area (TPSA) is 85.2 Å². The van der Waals surface area contributed by atoms with E-state index in [1.54, 1.807) is 18.3 Å². The summed E-state index contributed by atoms with van der Waals surface area (Å²) in [4.78, 5) is 22.5. The second-order valence-corrected chi connectivity index (χ2v) is 4.48. The van der Waals surface area contributed by atoms with Gasteiger partial charge in [0.1, 0.15) is 23.8 Å². The van der Waals surface area contributed by atoms with E-state index in [1.165, 1.54) is 24.5 Å². The quantitative estimate of drug-likeness (QED) is 0.797. The third kappa shape index (κ3) is 2.98. The van der Waals surface area contributed by atoms with Crippen LogP contribution in [-0.4, -0.2) is 26.0 Å². The Morgan fingerprint density at radius 3 is 2.68 bits per heavy atom. The summed E-state index contributed by atoms with van der Waals surface area (Å²) in [6.45, 7) is 0. The molecule has 3 rings (SSSR count). The molecule has 0 saturated carbocycles. The largest absolute Gasteiger partial charge is 0.481 e. The fourth-order valence-electron chi connectivity index (χ4n) is 1.93. The van der Waals surface area contributed by atoms with E-state index >= 15 is 0 Å². The molecule has 2 heterocycles. The number of carboxylic acids is 1. The maximum absolute atomic E-state index is 13.4. The van der Waals surface area contributed by atoms with Gasteiger partial charge in [-0.15, -0.1) is 0 Å². The van der Waals surface area contributed by atoms with Crippen LogP contribution in [0.25, 0.3) is 10.9 Å². The van der Waals surface area contributed by atoms with Crippen molar-refractivity contribution in [2.45, 2.75) is 6.42 Å². The highest BCUT2D eigenvalue weighted by Gasteiger charge is 2.08. The van der Waals surface area contributed by atoms with Crippen LogP contribution in [0.15, 0.2) is 42.9 Å². The second kappa shape index (κ2) is 5.72. The predicted molar refractivity (Wildman–Crippen MR) is 75.1 cm³/mol. The summed E-state index contributed by atoms with van der Waals surface area (Å²) >= 11 is 0. The Morgan fingerprint density at radius 2 is 1.95 bits per heavy atom. The number of hydrogen-bond donors (Lipinski definition) is 1. The normalized spacial score (nSPS) is 10.6. The number of aromatic nitrogens is 3. The smallest absolute Gasteiger partial charge is 0.311 e. The van der Waals surface area contributed by atoms with Gasteiger partial charge in [-0.2, -0.15) is 0 Å². The molecule has 0 aliphatic rings. The third-order valence-electron chi connectivity index (χ3n) is 2.88. The van der Waals surface area contributed by atoms with E-state index in [4.69, 9.17) is 9.84 Å². The van der Waals surface area contributed by atoms with Crippen LogP contribution < -0.4 is 4.74 Å². The number of halogens is 1. The van der Waals surface area contributed by atoms with E-state index in [-0.39, 0.29) is 12.2 Å². The number of hydrogen-bond acceptors (Lipinski definition) is 5. The van der Waals surface area contributed by atoms with Crippen molar-refractivity contribution >= 4 is 16.9 Å². The van der Waals surface area contributed by atoms with Crippen LogP contribution in [-0.2, 0) is 11.2 Å². The summed E-state index contributed by atoms with van der Waals surface area (Å²) in [5, 5.41) is 9.19. The van der Waals surface area contributed by atoms with Gasteiger partial charge in [-0.05, 0) is 24.3 Å². The number of carbonyl (C=O) groups is 1. The van der Waals surface area contributed by atoms with E-state index in [1.807, 2.05) is 0 Å². The Bertz CT molecular complexity index is 837. The minimum absolute atomic E-state index is 0.186. The van der Waals surface area contributed by atoms with Gasteiger partial charge in [0.05, 0.1) is 17.9 Å². The number of nitrogens with zero attached hydrogens (tertiary/aromatic N) is 3. The minimum Gasteiger partial charge on any atom is -0.481 e. The van der Waals surface area contributed by atoms with Crippen molar-refractivity contribution in [3.63, 3.8) is 0 Å². The second-order valence-electron chi connectivity index (χ2n) is 4.48. The zero-order valence-electron chi connectivity index (χ0n) is 11.2. The van der Waals surface area contributed by atoms with E-state index in [0.29, 0.717) is 22.4 Å². The molecule has 0 amide bonds. The molecule has 0 bridgehead atoms. The molecule has 0 saturated heterocycles. The molecule has 0 aliphatic carbocycles. The molecular weight excluding hydrogens is 289 g/mol. The van der Waals surface area contributed by atoms with Gasteiger partial charge in [0.25, 0.3) is 0 Å². The van der Waals surface area contributed by atoms with Crippen LogP contribution in [0.1, 0.15) is 5.82 Å². The van der Waals surface area contributed by atoms with E-state index in [9.17, 15) is 9.18 Å². The summed E-state index contributed by atoms with van der Waals surface area (Å²) in [6.07, 6.45) is 4.03. The number of ether oxygens (including phenoxy) is 1. The predicted octanol–water partition coefficient (Wildman–Crippen LogP) is 2.58. The highest BCUT2D eigenvalue weighted by atomic mass is 19.1. The molecule has 1 N–H and O–H groups in total. The number of carboxylic acid groups (broad SMARTS) is 1. The minimum atomic E-state index is -1.01. The zero-order chi connectivity index (χ0) is 15.5. The molecule has 6 nitrogen and oxygen atoms in total. The summed E-state index contributed by atoms with van der Waals surface area (Å²) in [7, 11) is 0. The highest BCUT2D eigenvalue weighted by Crippen LogP contribution is 2.28. The number of aliphatic carboxylic acids is 1. The van der Waals surface area contributed by atoms with E-state index < -0.39 is 11.8 Å². The molecule has 0 spiro atoms. The summed E-state index contributed by atoms with van der Waals surface area (Å²) in [5.74, 6) is -0.474. The van der Waals surface area contributed by atoms with Crippen molar-refractivity contribution in [1.29, 1.82) is 0 Å². The first-order valence-corrected chi connectivity index (χ1v) is 6.36. The fourth-order valence-corrected chi connectivity index (χ4v) is 1.93. The Kier molecular flexibility index (Phi) is 3.61. The van der Waals surface area contributed by atoms with Crippen molar-refractivity contribution in [2.24, 2.45) is 0 Å². The van der Waals surface area contributed by atoms with Crippen molar-refractivity contribution in [3.05, 3.63) is 54.5 Å². The van der Waals surface area contributed by atoms with Crippen molar-refractivity contribution in [1.82, 2.24) is 15.0 Å². The van der Waals surface area contributed by atoms with Crippen LogP contribution in [0.3, 0.4) is 0 Å². The van der Waals surface area contributed by atoms with Gasteiger partial charge >= 0.3 is 5.97 Å². The van der Waals surface area contributed by atoms with Gasteiger partial charge in [-0.25, -0.2) is 14.4 Å². The Labute approximate surface area is 124 Å². The molecule has 2 aromatic heterocycles. The lowest BCUT2D eigenvalue weighted by Gasteiger charge is -2.08. The first-order chi connectivity index (χ1) is 10.6. The lowest BCUT2D eigenvalue weighted by atomic mass is 10.2. The molecule has 0 fully saturated rings. The molecule has 1 aromatic carbocycles. The van der Waals surface area contributed by atoms with Gasteiger partial charge in [0, 0.05) is 11.6 Å². The van der Waals surface area contributed by atoms with Crippen LogP contribution in [0, 0.1) is 5.82 Å². The summed E-state index contributed by atoms with van der Waals surface area (Å²) in [6, 6.07) is 5.82. The average Bonchev–Trinajstić information content (AvgIpc) is 2.49. The lowest BCUT2D eigenvalue weighted by Crippen LogP contribution is -2.04. The van der Waals surface area contributed by atoms with Crippen LogP contribution in [0.2, 0.25) is 0 Å². The zero-order valence-corrected chi connectivity index (χ0v) is 11.2. The Hall–Kier alpha value is -3.09. The molecule has 0 atom stereocenters. The van der Waals surface area contributed by atoms with Crippen molar-refractivity contribution < 1.29 is 19.0 Å². The Morgan fingerprint density at radius 1 is 1.18 bits per heavy atom. The molecular formula is C15H10FN3O3. The lowest BCUT2D eigenvalue weighted by molar-refractivity contribution is -0.136. The molecule has 3 aromatic rings. The highest BCUT2D eigenvalue weighted by molar-refractivity contribution is 5.85. The molecule has 0 radical (unpaired) electrons. The SMILES string of the molecule is O=C(O)Cc1ncc(Oc2ccnc3ccc(F)cc23)cn1. The van der Waals surface area contributed by atoms with E-state index in [2.05, 4.69) is 15.0 Å². The summed E-state index contributed by atoms with van der Waals surface area (Å²) in [5.41, 5.74) is 0.599. The fraction of sp³-hybridized carbons (Fsp3) is 0.0667. The van der Waals surface area contributed by atoms with Crippen LogP contribution in [0.4, 0.5) is 4.39 Å². The van der Waals surface area contributed by atoms with E-state index in [0.717, 1.165) is 0 Å². The average molecular weight is 299 g/mol. The number of benzene rings is 1. The van der Waals surface area contributed by atoms with Crippen LogP contribution >= 0.6 is 0 Å². The standard InChI is InChI=1S/C15H10FN3O3/c16-9-1-2-12-11(5-9)13(3-4-17-12)22-10-7-18-14(19-8-10)6-15(20)21/h1-5,7-8H,6H2,(H,20,21). The van der Waals surface area contributed by atoms with Gasteiger partial charge in [-0.1, -0.05) is 0 Å². The number of pyridine rings is 1. The van der Waals surface area contributed by atoms with Gasteiger partial charge in [-0.3, -0.25) is 9.78 Å².